The zero-order valence-corrected chi connectivity index (χ0v) is 22.2. The number of anilines is 2. The molecule has 1 saturated carbocycles. The van der Waals surface area contributed by atoms with Crippen molar-refractivity contribution in [2.75, 3.05) is 4.90 Å². The maximum absolute atomic E-state index is 15.5. The van der Waals surface area contributed by atoms with Gasteiger partial charge in [0.2, 0.25) is 11.8 Å². The number of nitro groups is 1. The van der Waals surface area contributed by atoms with Crippen LogP contribution in [0.25, 0.3) is 22.2 Å². The van der Waals surface area contributed by atoms with Crippen LogP contribution in [0.2, 0.25) is 0 Å². The Labute approximate surface area is 242 Å². The summed E-state index contributed by atoms with van der Waals surface area (Å²) in [5.41, 5.74) is 6.07. The minimum Gasteiger partial charge on any atom is -0.453 e. The number of primary amides is 1. The Morgan fingerprint density at radius 1 is 0.907 bits per heavy atom. The van der Waals surface area contributed by atoms with Crippen molar-refractivity contribution >= 4 is 39.8 Å². The van der Waals surface area contributed by atoms with Crippen molar-refractivity contribution in [2.45, 2.75) is 12.8 Å². The summed E-state index contributed by atoms with van der Waals surface area (Å²) in [6, 6.07) is 18.0. The largest absolute Gasteiger partial charge is 0.453 e. The van der Waals surface area contributed by atoms with Crippen LogP contribution in [0.5, 0.6) is 11.5 Å². The molecule has 2 aromatic heterocycles. The molecular formula is C31H21F2N5O5. The topological polar surface area (TPSA) is 142 Å². The highest BCUT2D eigenvalue weighted by molar-refractivity contribution is 6.16. The third-order valence-electron chi connectivity index (χ3n) is 7.27. The van der Waals surface area contributed by atoms with Crippen LogP contribution in [-0.4, -0.2) is 26.7 Å². The number of benzene rings is 3. The first kappa shape index (κ1) is 27.4. The lowest BCUT2D eigenvalue weighted by atomic mass is 10.0. The van der Waals surface area contributed by atoms with Crippen molar-refractivity contribution in [3.05, 3.63) is 113 Å². The van der Waals surface area contributed by atoms with E-state index in [-0.39, 0.29) is 41.4 Å². The molecule has 3 aromatic carbocycles. The second kappa shape index (κ2) is 10.6. The molecule has 214 valence electrons. The van der Waals surface area contributed by atoms with Crippen LogP contribution in [0.3, 0.4) is 0 Å². The Hall–Kier alpha value is -5.78. The van der Waals surface area contributed by atoms with Crippen LogP contribution >= 0.6 is 0 Å². The molecule has 0 saturated heterocycles. The maximum Gasteiger partial charge on any atom is 0.269 e. The second-order valence-corrected chi connectivity index (χ2v) is 9.98. The Morgan fingerprint density at radius 3 is 2.23 bits per heavy atom. The van der Waals surface area contributed by atoms with E-state index in [1.54, 1.807) is 24.3 Å². The molecule has 0 spiro atoms. The van der Waals surface area contributed by atoms with Crippen molar-refractivity contribution in [3.63, 3.8) is 0 Å². The molecule has 0 unspecified atom stereocenters. The maximum atomic E-state index is 15.5. The Kier molecular flexibility index (Phi) is 6.73. The lowest BCUT2D eigenvalue weighted by Gasteiger charge is -2.26. The van der Waals surface area contributed by atoms with Gasteiger partial charge < -0.3 is 10.5 Å². The normalized spacial score (nSPS) is 13.3. The first-order valence-corrected chi connectivity index (χ1v) is 13.0. The minimum atomic E-state index is -1.41. The number of ether oxygens (including phenoxy) is 1. The van der Waals surface area contributed by atoms with Crippen molar-refractivity contribution in [1.29, 1.82) is 0 Å². The molecule has 5 aromatic rings. The van der Waals surface area contributed by atoms with Gasteiger partial charge in [-0.3, -0.25) is 34.6 Å². The van der Waals surface area contributed by atoms with Gasteiger partial charge in [0.05, 0.1) is 27.2 Å². The van der Waals surface area contributed by atoms with Crippen LogP contribution < -0.4 is 15.4 Å². The van der Waals surface area contributed by atoms with Gasteiger partial charge in [-0.25, -0.2) is 8.78 Å². The fourth-order valence-corrected chi connectivity index (χ4v) is 4.73. The summed E-state index contributed by atoms with van der Waals surface area (Å²) in [4.78, 5) is 46.0. The highest BCUT2D eigenvalue weighted by Crippen LogP contribution is 2.49. The predicted octanol–water partition coefficient (Wildman–Crippen LogP) is 6.21. The van der Waals surface area contributed by atoms with Gasteiger partial charge in [-0.1, -0.05) is 0 Å². The van der Waals surface area contributed by atoms with Crippen molar-refractivity contribution in [2.24, 2.45) is 11.1 Å². The molecule has 1 aliphatic carbocycles. The SMILES string of the molecule is NC(=O)C1(C(=O)N(c2ccc(F)cc2)c2ccc(Oc3ccnc4cc(-c5ccc([N+](=O)[O-])cc5)ncc34)c(F)c2)CC1. The van der Waals surface area contributed by atoms with E-state index in [1.165, 1.54) is 48.8 Å². The van der Waals surface area contributed by atoms with Crippen LogP contribution in [0, 0.1) is 27.2 Å². The molecule has 10 nitrogen and oxygen atoms in total. The molecule has 43 heavy (non-hydrogen) atoms. The summed E-state index contributed by atoms with van der Waals surface area (Å²) in [5, 5.41) is 11.4. The molecule has 2 heterocycles. The Bertz CT molecular complexity index is 1910. The van der Waals surface area contributed by atoms with Crippen LogP contribution in [0.15, 0.2) is 91.3 Å². The lowest BCUT2D eigenvalue weighted by molar-refractivity contribution is -0.384. The van der Waals surface area contributed by atoms with Gasteiger partial charge in [0.1, 0.15) is 17.0 Å². The number of halogens is 2. The van der Waals surface area contributed by atoms with Crippen LogP contribution in [-0.2, 0) is 9.59 Å². The number of hydrogen-bond acceptors (Lipinski definition) is 7. The molecule has 1 aliphatic rings. The van der Waals surface area contributed by atoms with Gasteiger partial charge >= 0.3 is 0 Å². The Balaban J connectivity index is 1.31. The number of carbonyl (C=O) groups excluding carboxylic acids is 2. The summed E-state index contributed by atoms with van der Waals surface area (Å²) in [5.74, 6) is -2.63. The summed E-state index contributed by atoms with van der Waals surface area (Å²) in [7, 11) is 0. The number of rotatable bonds is 8. The molecule has 0 aliphatic heterocycles. The van der Waals surface area contributed by atoms with Gasteiger partial charge in [-0.05, 0) is 73.5 Å². The van der Waals surface area contributed by atoms with Gasteiger partial charge in [-0.2, -0.15) is 0 Å². The summed E-state index contributed by atoms with van der Waals surface area (Å²) >= 11 is 0. The molecule has 2 amide bonds. The predicted molar refractivity (Wildman–Crippen MR) is 153 cm³/mol. The zero-order chi connectivity index (χ0) is 30.3. The van der Waals surface area contributed by atoms with Crippen molar-refractivity contribution < 1.29 is 28.0 Å². The Morgan fingerprint density at radius 2 is 1.60 bits per heavy atom. The number of fused-ring (bicyclic) bond motifs is 1. The molecule has 1 fully saturated rings. The molecule has 6 rings (SSSR count). The fourth-order valence-electron chi connectivity index (χ4n) is 4.73. The average molecular weight is 582 g/mol. The van der Waals surface area contributed by atoms with E-state index in [1.807, 2.05) is 0 Å². The standard InChI is InChI=1S/C31H21F2N5O5/c32-19-3-7-20(8-4-19)37(30(40)31(12-13-31)29(34)39)22-9-10-28(24(33)15-22)43-27-11-14-35-26-16-25(36-17-23(26)27)18-1-5-21(6-2-18)38(41)42/h1-11,14-17H,12-13H2,(H2,34,39). The number of hydrogen-bond donors (Lipinski definition) is 1. The lowest BCUT2D eigenvalue weighted by Crippen LogP contribution is -2.41. The molecular weight excluding hydrogens is 560 g/mol. The quantitative estimate of drug-likeness (QED) is 0.131. The van der Waals surface area contributed by atoms with E-state index in [9.17, 15) is 24.1 Å². The molecule has 12 heteroatoms. The smallest absolute Gasteiger partial charge is 0.269 e. The van der Waals surface area contributed by atoms with E-state index in [4.69, 9.17) is 10.5 Å². The number of nitrogens with two attached hydrogens (primary N) is 1. The number of nitro benzene ring substituents is 1. The average Bonchev–Trinajstić information content (AvgIpc) is 3.82. The first-order chi connectivity index (χ1) is 20.7. The number of amides is 2. The van der Waals surface area contributed by atoms with Crippen molar-refractivity contribution in [1.82, 2.24) is 9.97 Å². The molecule has 0 bridgehead atoms. The zero-order valence-electron chi connectivity index (χ0n) is 22.2. The highest BCUT2D eigenvalue weighted by Gasteiger charge is 2.57. The number of aromatic nitrogens is 2. The molecule has 2 N–H and O–H groups in total. The fraction of sp³-hybridized carbons (Fsp3) is 0.0968. The molecule has 0 atom stereocenters. The van der Waals surface area contributed by atoms with E-state index in [0.29, 0.717) is 22.2 Å². The van der Waals surface area contributed by atoms with Gasteiger partial charge in [0.15, 0.2) is 11.6 Å². The summed E-state index contributed by atoms with van der Waals surface area (Å²) < 4.78 is 35.0. The van der Waals surface area contributed by atoms with E-state index >= 15 is 4.39 Å². The summed E-state index contributed by atoms with van der Waals surface area (Å²) in [6.07, 6.45) is 3.52. The van der Waals surface area contributed by atoms with Gasteiger partial charge in [0, 0.05) is 41.8 Å². The third-order valence-corrected chi connectivity index (χ3v) is 7.27. The highest BCUT2D eigenvalue weighted by atomic mass is 19.1. The second-order valence-electron chi connectivity index (χ2n) is 9.98. The number of non-ortho nitro benzene ring substituents is 1. The monoisotopic (exact) mass is 581 g/mol. The third kappa shape index (κ3) is 5.10. The number of nitrogens with zero attached hydrogens (tertiary/aromatic N) is 4. The van der Waals surface area contributed by atoms with E-state index < -0.39 is 33.8 Å². The van der Waals surface area contributed by atoms with E-state index in [0.717, 1.165) is 23.1 Å². The van der Waals surface area contributed by atoms with E-state index in [2.05, 4.69) is 9.97 Å². The first-order valence-electron chi connectivity index (χ1n) is 13.0. The minimum absolute atomic E-state index is 0.0449. The van der Waals surface area contributed by atoms with Gasteiger partial charge in [-0.15, -0.1) is 0 Å². The van der Waals surface area contributed by atoms with Crippen LogP contribution in [0.1, 0.15) is 12.8 Å². The van der Waals surface area contributed by atoms with Gasteiger partial charge in [0.25, 0.3) is 5.69 Å². The number of carbonyl (C=O) groups is 2. The molecule has 0 radical (unpaired) electrons. The number of pyridine rings is 2. The van der Waals surface area contributed by atoms with Crippen LogP contribution in [0.4, 0.5) is 25.8 Å². The summed E-state index contributed by atoms with van der Waals surface area (Å²) in [6.45, 7) is 0. The van der Waals surface area contributed by atoms with Crippen molar-refractivity contribution in [3.8, 4) is 22.8 Å².